The fourth-order valence-corrected chi connectivity index (χ4v) is 2.13. The van der Waals surface area contributed by atoms with Crippen LogP contribution < -0.4 is 4.74 Å². The van der Waals surface area contributed by atoms with Crippen LogP contribution in [0.1, 0.15) is 25.8 Å². The molecule has 0 radical (unpaired) electrons. The number of pyridine rings is 1. The standard InChI is InChI=1S/C15H12F5N5O/c1-7(16)13-24-23-12-5-21-11(6-25(12)13)9-3-10(17)14(22-4-9)26-8(2)15(18,19)20/h3-8H,1-2H3. The molecule has 138 valence electrons. The summed E-state index contributed by atoms with van der Waals surface area (Å²) < 4.78 is 71.0. The number of ether oxygens (including phenoxy) is 1. The van der Waals surface area contributed by atoms with Gasteiger partial charge < -0.3 is 4.74 Å². The Hall–Kier alpha value is -2.85. The maximum Gasteiger partial charge on any atom is 0.425 e. The number of hydrogen-bond donors (Lipinski definition) is 0. The number of alkyl halides is 4. The van der Waals surface area contributed by atoms with Crippen LogP contribution in [0.25, 0.3) is 16.9 Å². The van der Waals surface area contributed by atoms with Gasteiger partial charge >= 0.3 is 6.18 Å². The fraction of sp³-hybridized carbons (Fsp3) is 0.333. The highest BCUT2D eigenvalue weighted by molar-refractivity contribution is 5.59. The SMILES string of the molecule is CC(F)c1nnc2cnc(-c3cnc(OC(C)C(F)(F)F)c(F)c3)cn12. The summed E-state index contributed by atoms with van der Waals surface area (Å²) in [5.74, 6) is -1.82. The maximum absolute atomic E-state index is 14.1. The topological polar surface area (TPSA) is 65.2 Å². The average molecular weight is 373 g/mol. The zero-order valence-electron chi connectivity index (χ0n) is 13.5. The molecule has 0 aliphatic rings. The third-order valence-electron chi connectivity index (χ3n) is 3.53. The third kappa shape index (κ3) is 3.41. The van der Waals surface area contributed by atoms with E-state index >= 15 is 0 Å². The lowest BCUT2D eigenvalue weighted by atomic mass is 10.2. The molecule has 6 nitrogen and oxygen atoms in total. The molecule has 2 atom stereocenters. The van der Waals surface area contributed by atoms with Gasteiger partial charge in [-0.05, 0) is 19.9 Å². The number of rotatable bonds is 4. The van der Waals surface area contributed by atoms with Gasteiger partial charge in [0.05, 0.1) is 11.9 Å². The molecule has 3 aromatic heterocycles. The molecule has 11 heteroatoms. The summed E-state index contributed by atoms with van der Waals surface area (Å²) in [5, 5.41) is 7.45. The smallest absolute Gasteiger partial charge is 0.425 e. The van der Waals surface area contributed by atoms with Crippen molar-refractivity contribution in [1.82, 2.24) is 24.6 Å². The summed E-state index contributed by atoms with van der Waals surface area (Å²) in [6.45, 7) is 2.03. The van der Waals surface area contributed by atoms with Crippen molar-refractivity contribution >= 4 is 5.65 Å². The molecular weight excluding hydrogens is 361 g/mol. The van der Waals surface area contributed by atoms with Crippen molar-refractivity contribution in [2.24, 2.45) is 0 Å². The van der Waals surface area contributed by atoms with Gasteiger partial charge in [0.1, 0.15) is 0 Å². The molecule has 2 unspecified atom stereocenters. The summed E-state index contributed by atoms with van der Waals surface area (Å²) in [5.41, 5.74) is 0.671. The number of hydrogen-bond acceptors (Lipinski definition) is 5. The fourth-order valence-electron chi connectivity index (χ4n) is 2.13. The molecule has 0 spiro atoms. The van der Waals surface area contributed by atoms with Crippen LogP contribution >= 0.6 is 0 Å². The van der Waals surface area contributed by atoms with Gasteiger partial charge in [0, 0.05) is 18.0 Å². The Morgan fingerprint density at radius 2 is 1.85 bits per heavy atom. The van der Waals surface area contributed by atoms with Crippen LogP contribution in [0.3, 0.4) is 0 Å². The molecule has 3 aromatic rings. The number of aromatic nitrogens is 5. The van der Waals surface area contributed by atoms with E-state index in [1.54, 1.807) is 0 Å². The highest BCUT2D eigenvalue weighted by Crippen LogP contribution is 2.27. The predicted octanol–water partition coefficient (Wildman–Crippen LogP) is 3.69. The molecule has 0 aliphatic heterocycles. The van der Waals surface area contributed by atoms with Crippen LogP contribution in [0.2, 0.25) is 0 Å². The lowest BCUT2D eigenvalue weighted by molar-refractivity contribution is -0.190. The summed E-state index contributed by atoms with van der Waals surface area (Å²) in [4.78, 5) is 7.63. The highest BCUT2D eigenvalue weighted by Gasteiger charge is 2.38. The first-order chi connectivity index (χ1) is 12.2. The van der Waals surface area contributed by atoms with Crippen LogP contribution in [0.15, 0.2) is 24.7 Å². The monoisotopic (exact) mass is 373 g/mol. The first-order valence-corrected chi connectivity index (χ1v) is 7.41. The van der Waals surface area contributed by atoms with Gasteiger partial charge in [-0.15, -0.1) is 10.2 Å². The molecule has 0 aliphatic carbocycles. The van der Waals surface area contributed by atoms with Crippen molar-refractivity contribution < 1.29 is 26.7 Å². The van der Waals surface area contributed by atoms with E-state index in [0.717, 1.165) is 19.2 Å². The lowest BCUT2D eigenvalue weighted by Crippen LogP contribution is -2.31. The number of halogens is 5. The van der Waals surface area contributed by atoms with Crippen molar-refractivity contribution in [3.63, 3.8) is 0 Å². The van der Waals surface area contributed by atoms with Crippen LogP contribution in [-0.2, 0) is 0 Å². The molecule has 0 aromatic carbocycles. The van der Waals surface area contributed by atoms with Gasteiger partial charge in [-0.25, -0.2) is 13.8 Å². The minimum absolute atomic E-state index is 0.0380. The summed E-state index contributed by atoms with van der Waals surface area (Å²) in [6, 6.07) is 0.933. The van der Waals surface area contributed by atoms with E-state index in [1.807, 2.05) is 0 Å². The van der Waals surface area contributed by atoms with Gasteiger partial charge in [0.2, 0.25) is 0 Å². The van der Waals surface area contributed by atoms with E-state index in [4.69, 9.17) is 0 Å². The van der Waals surface area contributed by atoms with E-state index in [1.165, 1.54) is 23.7 Å². The lowest BCUT2D eigenvalue weighted by Gasteiger charge is -2.17. The average Bonchev–Trinajstić information content (AvgIpc) is 2.99. The Labute approximate surface area is 143 Å². The molecule has 0 fully saturated rings. The normalized spacial score (nSPS) is 14.4. The second kappa shape index (κ2) is 6.46. The summed E-state index contributed by atoms with van der Waals surface area (Å²) in [7, 11) is 0. The Kier molecular flexibility index (Phi) is 4.46. The van der Waals surface area contributed by atoms with E-state index in [-0.39, 0.29) is 17.1 Å². The van der Waals surface area contributed by atoms with Crippen molar-refractivity contribution in [1.29, 1.82) is 0 Å². The third-order valence-corrected chi connectivity index (χ3v) is 3.53. The highest BCUT2D eigenvalue weighted by atomic mass is 19.4. The minimum Gasteiger partial charge on any atom is -0.463 e. The quantitative estimate of drug-likeness (QED) is 0.653. The van der Waals surface area contributed by atoms with E-state index in [9.17, 15) is 22.0 Å². The molecule has 0 bridgehead atoms. The first kappa shape index (κ1) is 18.0. The molecule has 0 saturated carbocycles. The van der Waals surface area contributed by atoms with Crippen molar-refractivity contribution in [3.05, 3.63) is 36.3 Å². The molecule has 0 saturated heterocycles. The second-order valence-electron chi connectivity index (χ2n) is 5.49. The number of fused-ring (bicyclic) bond motifs is 1. The van der Waals surface area contributed by atoms with Crippen molar-refractivity contribution in [2.75, 3.05) is 0 Å². The maximum atomic E-state index is 14.1. The zero-order valence-corrected chi connectivity index (χ0v) is 13.5. The number of nitrogens with zero attached hydrogens (tertiary/aromatic N) is 5. The van der Waals surface area contributed by atoms with Gasteiger partial charge in [-0.1, -0.05) is 0 Å². The Balaban J connectivity index is 1.94. The predicted molar refractivity (Wildman–Crippen MR) is 79.6 cm³/mol. The van der Waals surface area contributed by atoms with Crippen LogP contribution in [0.4, 0.5) is 22.0 Å². The van der Waals surface area contributed by atoms with E-state index < -0.39 is 30.1 Å². The minimum atomic E-state index is -4.65. The molecule has 3 rings (SSSR count). The molecule has 3 heterocycles. The molecule has 0 N–H and O–H groups in total. The Morgan fingerprint density at radius 3 is 2.46 bits per heavy atom. The van der Waals surface area contributed by atoms with Crippen LogP contribution in [-0.4, -0.2) is 36.8 Å². The molecule has 26 heavy (non-hydrogen) atoms. The molecular formula is C15H12F5N5O. The van der Waals surface area contributed by atoms with Crippen LogP contribution in [0, 0.1) is 5.82 Å². The van der Waals surface area contributed by atoms with E-state index in [0.29, 0.717) is 5.65 Å². The zero-order chi connectivity index (χ0) is 19.1. The van der Waals surface area contributed by atoms with Crippen molar-refractivity contribution in [3.8, 4) is 17.1 Å². The largest absolute Gasteiger partial charge is 0.463 e. The van der Waals surface area contributed by atoms with Gasteiger partial charge in [0.15, 0.2) is 29.6 Å². The van der Waals surface area contributed by atoms with Gasteiger partial charge in [-0.3, -0.25) is 9.38 Å². The van der Waals surface area contributed by atoms with Crippen molar-refractivity contribution in [2.45, 2.75) is 32.3 Å². The Bertz CT molecular complexity index is 940. The second-order valence-corrected chi connectivity index (χ2v) is 5.49. The molecule has 0 amide bonds. The van der Waals surface area contributed by atoms with Gasteiger partial charge in [-0.2, -0.15) is 13.2 Å². The van der Waals surface area contributed by atoms with E-state index in [2.05, 4.69) is 24.9 Å². The van der Waals surface area contributed by atoms with Gasteiger partial charge in [0.25, 0.3) is 5.88 Å². The first-order valence-electron chi connectivity index (χ1n) is 7.41. The summed E-state index contributed by atoms with van der Waals surface area (Å²) in [6.07, 6.45) is -4.45. The summed E-state index contributed by atoms with van der Waals surface area (Å²) >= 11 is 0. The Morgan fingerprint density at radius 1 is 1.12 bits per heavy atom. The van der Waals surface area contributed by atoms with Crippen LogP contribution in [0.5, 0.6) is 5.88 Å².